The van der Waals surface area contributed by atoms with Gasteiger partial charge in [-0.05, 0) is 37.6 Å². The quantitative estimate of drug-likeness (QED) is 0.808. The number of nitrogen functional groups attached to an aromatic ring is 2. The fourth-order valence-corrected chi connectivity index (χ4v) is 1.98. The van der Waals surface area contributed by atoms with Crippen molar-refractivity contribution in [3.8, 4) is 17.0 Å². The van der Waals surface area contributed by atoms with Gasteiger partial charge in [0.25, 0.3) is 0 Å². The van der Waals surface area contributed by atoms with Gasteiger partial charge in [0.1, 0.15) is 17.3 Å². The molecular weight excluding hydrogens is 240 g/mol. The fourth-order valence-electron chi connectivity index (χ4n) is 1.98. The summed E-state index contributed by atoms with van der Waals surface area (Å²) >= 11 is 0. The maximum Gasteiger partial charge on any atom is 0.150 e. The molecule has 0 atom stereocenters. The summed E-state index contributed by atoms with van der Waals surface area (Å²) in [6.45, 7) is 4.69. The molecule has 102 valence electrons. The molecule has 0 bridgehead atoms. The number of nitrogens with two attached hydrogens (primary N) is 2. The lowest BCUT2D eigenvalue weighted by molar-refractivity contribution is 0.340. The fraction of sp³-hybridized carbons (Fsp3) is 0.357. The van der Waals surface area contributed by atoms with Crippen molar-refractivity contribution in [1.29, 1.82) is 0 Å². The summed E-state index contributed by atoms with van der Waals surface area (Å²) < 4.78 is 6.88. The van der Waals surface area contributed by atoms with Gasteiger partial charge in [0.05, 0.1) is 6.61 Å². The van der Waals surface area contributed by atoms with Crippen LogP contribution in [0.25, 0.3) is 11.3 Å². The first-order chi connectivity index (χ1) is 9.17. The second-order valence-corrected chi connectivity index (χ2v) is 4.34. The summed E-state index contributed by atoms with van der Waals surface area (Å²) in [6.07, 6.45) is 1.80. The molecule has 2 rings (SSSR count). The van der Waals surface area contributed by atoms with Crippen molar-refractivity contribution in [2.45, 2.75) is 26.7 Å². The number of imidazole rings is 1. The Hall–Kier alpha value is -2.17. The molecule has 1 heterocycles. The van der Waals surface area contributed by atoms with Crippen LogP contribution >= 0.6 is 0 Å². The predicted molar refractivity (Wildman–Crippen MR) is 77.4 cm³/mol. The van der Waals surface area contributed by atoms with Crippen molar-refractivity contribution in [1.82, 2.24) is 9.66 Å². The summed E-state index contributed by atoms with van der Waals surface area (Å²) in [6, 6.07) is 7.71. The van der Waals surface area contributed by atoms with E-state index in [-0.39, 0.29) is 0 Å². The lowest BCUT2D eigenvalue weighted by Gasteiger charge is -2.04. The normalized spacial score (nSPS) is 10.6. The van der Waals surface area contributed by atoms with Crippen molar-refractivity contribution >= 4 is 5.82 Å². The van der Waals surface area contributed by atoms with E-state index in [4.69, 9.17) is 16.3 Å². The minimum Gasteiger partial charge on any atom is -0.494 e. The summed E-state index contributed by atoms with van der Waals surface area (Å²) in [7, 11) is 0. The van der Waals surface area contributed by atoms with Crippen LogP contribution in [0.3, 0.4) is 0 Å². The van der Waals surface area contributed by atoms with E-state index in [2.05, 4.69) is 11.9 Å². The van der Waals surface area contributed by atoms with E-state index in [0.29, 0.717) is 12.4 Å². The summed E-state index contributed by atoms with van der Waals surface area (Å²) in [5.41, 5.74) is 7.68. The molecule has 0 radical (unpaired) electrons. The van der Waals surface area contributed by atoms with Gasteiger partial charge in [0.2, 0.25) is 0 Å². The molecule has 1 aromatic heterocycles. The number of aryl methyl sites for hydroxylation is 1. The third-order valence-electron chi connectivity index (χ3n) is 2.93. The largest absolute Gasteiger partial charge is 0.494 e. The van der Waals surface area contributed by atoms with Crippen LogP contribution in [-0.2, 0) is 6.42 Å². The first-order valence-electron chi connectivity index (χ1n) is 6.52. The van der Waals surface area contributed by atoms with Crippen LogP contribution in [0, 0.1) is 0 Å². The first kappa shape index (κ1) is 13.3. The molecule has 0 aliphatic heterocycles. The van der Waals surface area contributed by atoms with Crippen LogP contribution in [0.5, 0.6) is 5.75 Å². The highest BCUT2D eigenvalue weighted by Crippen LogP contribution is 2.27. The van der Waals surface area contributed by atoms with Gasteiger partial charge < -0.3 is 16.3 Å². The maximum atomic E-state index is 6.01. The van der Waals surface area contributed by atoms with E-state index in [1.807, 2.05) is 31.2 Å². The Kier molecular flexibility index (Phi) is 3.94. The van der Waals surface area contributed by atoms with Gasteiger partial charge in [-0.1, -0.05) is 6.92 Å². The first-order valence-corrected chi connectivity index (χ1v) is 6.52. The molecule has 0 spiro atoms. The summed E-state index contributed by atoms with van der Waals surface area (Å²) in [4.78, 5) is 4.52. The Balaban J connectivity index is 2.33. The molecule has 5 heteroatoms. The molecule has 19 heavy (non-hydrogen) atoms. The predicted octanol–water partition coefficient (Wildman–Crippen LogP) is 2.20. The zero-order chi connectivity index (χ0) is 13.8. The molecule has 1 aromatic carbocycles. The number of hydrogen-bond acceptors (Lipinski definition) is 4. The number of benzene rings is 1. The molecule has 0 aliphatic carbocycles. The second kappa shape index (κ2) is 5.65. The maximum absolute atomic E-state index is 6.01. The number of nitrogens with zero attached hydrogens (tertiary/aromatic N) is 2. The highest BCUT2D eigenvalue weighted by molar-refractivity contribution is 5.71. The van der Waals surface area contributed by atoms with Crippen molar-refractivity contribution < 1.29 is 4.74 Å². The summed E-state index contributed by atoms with van der Waals surface area (Å²) in [5, 5.41) is 0. The minimum absolute atomic E-state index is 0.493. The van der Waals surface area contributed by atoms with E-state index >= 15 is 0 Å². The zero-order valence-corrected chi connectivity index (χ0v) is 11.4. The molecule has 0 amide bonds. The van der Waals surface area contributed by atoms with Crippen molar-refractivity contribution in [2.75, 3.05) is 18.2 Å². The van der Waals surface area contributed by atoms with Gasteiger partial charge in [-0.3, -0.25) is 0 Å². The lowest BCUT2D eigenvalue weighted by atomic mass is 10.1. The van der Waals surface area contributed by atoms with Gasteiger partial charge in [-0.15, -0.1) is 0 Å². The Morgan fingerprint density at radius 2 is 1.89 bits per heavy atom. The molecule has 0 saturated heterocycles. The van der Waals surface area contributed by atoms with Gasteiger partial charge >= 0.3 is 0 Å². The monoisotopic (exact) mass is 260 g/mol. The van der Waals surface area contributed by atoms with E-state index in [9.17, 15) is 0 Å². The molecule has 4 N–H and O–H groups in total. The molecule has 2 aromatic rings. The lowest BCUT2D eigenvalue weighted by Crippen LogP contribution is -2.15. The third-order valence-corrected chi connectivity index (χ3v) is 2.93. The molecule has 0 saturated carbocycles. The number of aromatic nitrogens is 2. The zero-order valence-electron chi connectivity index (χ0n) is 11.4. The van der Waals surface area contributed by atoms with Crippen molar-refractivity contribution in [3.63, 3.8) is 0 Å². The van der Waals surface area contributed by atoms with Crippen LogP contribution in [0.1, 0.15) is 26.1 Å². The molecule has 0 fully saturated rings. The highest BCUT2D eigenvalue weighted by atomic mass is 16.5. The van der Waals surface area contributed by atoms with Crippen LogP contribution in [0.4, 0.5) is 5.82 Å². The average molecular weight is 260 g/mol. The van der Waals surface area contributed by atoms with Crippen molar-refractivity contribution in [3.05, 3.63) is 30.1 Å². The Morgan fingerprint density at radius 3 is 2.47 bits per heavy atom. The van der Waals surface area contributed by atoms with Crippen LogP contribution in [-0.4, -0.2) is 16.3 Å². The Labute approximate surface area is 113 Å². The van der Waals surface area contributed by atoms with Crippen molar-refractivity contribution in [2.24, 2.45) is 0 Å². The van der Waals surface area contributed by atoms with Gasteiger partial charge in [-0.2, -0.15) is 0 Å². The SMILES string of the molecule is CCCc1nc(-c2ccc(OCC)cc2)c(N)n1N. The number of rotatable bonds is 5. The summed E-state index contributed by atoms with van der Waals surface area (Å²) in [5.74, 6) is 8.05. The molecular formula is C14H20N4O. The molecule has 0 unspecified atom stereocenters. The number of ether oxygens (including phenoxy) is 1. The molecule has 0 aliphatic rings. The molecule has 5 nitrogen and oxygen atoms in total. The van der Waals surface area contributed by atoms with Gasteiger partial charge in [0.15, 0.2) is 5.82 Å². The van der Waals surface area contributed by atoms with E-state index in [0.717, 1.165) is 35.7 Å². The number of hydrogen-bond donors (Lipinski definition) is 2. The third kappa shape index (κ3) is 2.65. The van der Waals surface area contributed by atoms with E-state index in [1.165, 1.54) is 4.68 Å². The van der Waals surface area contributed by atoms with Crippen LogP contribution in [0.2, 0.25) is 0 Å². The topological polar surface area (TPSA) is 79.1 Å². The number of anilines is 1. The highest BCUT2D eigenvalue weighted by Gasteiger charge is 2.13. The standard InChI is InChI=1S/C14H20N4O/c1-3-5-12-17-13(14(15)18(12)16)10-6-8-11(9-7-10)19-4-2/h6-9H,3-5,15-16H2,1-2H3. The van der Waals surface area contributed by atoms with Gasteiger partial charge in [0, 0.05) is 12.0 Å². The second-order valence-electron chi connectivity index (χ2n) is 4.34. The van der Waals surface area contributed by atoms with Crippen LogP contribution < -0.4 is 16.3 Å². The van der Waals surface area contributed by atoms with E-state index < -0.39 is 0 Å². The van der Waals surface area contributed by atoms with Gasteiger partial charge in [-0.25, -0.2) is 9.66 Å². The average Bonchev–Trinajstić information content (AvgIpc) is 2.69. The van der Waals surface area contributed by atoms with Crippen LogP contribution in [0.15, 0.2) is 24.3 Å². The Bertz CT molecular complexity index is 545. The smallest absolute Gasteiger partial charge is 0.150 e. The minimum atomic E-state index is 0.493. The Morgan fingerprint density at radius 1 is 1.21 bits per heavy atom. The van der Waals surface area contributed by atoms with E-state index in [1.54, 1.807) is 0 Å².